The quantitative estimate of drug-likeness (QED) is 0.357. The van der Waals surface area contributed by atoms with E-state index in [2.05, 4.69) is 0 Å². The number of hydrogen-bond acceptors (Lipinski definition) is 6. The number of nitrogens with zero attached hydrogens (tertiary/aromatic N) is 1. The van der Waals surface area contributed by atoms with Gasteiger partial charge in [-0.1, -0.05) is 6.92 Å². The van der Waals surface area contributed by atoms with Crippen molar-refractivity contribution < 1.29 is 22.9 Å². The number of ether oxygens (including phenoxy) is 1. The van der Waals surface area contributed by atoms with Gasteiger partial charge in [0.25, 0.3) is 14.7 Å². The van der Waals surface area contributed by atoms with Crippen LogP contribution in [0.3, 0.4) is 0 Å². The maximum Gasteiger partial charge on any atom is 0.338 e. The van der Waals surface area contributed by atoms with Gasteiger partial charge in [-0.2, -0.15) is 0 Å². The molecule has 0 heterocycles. The van der Waals surface area contributed by atoms with Crippen molar-refractivity contribution in [1.82, 2.24) is 0 Å². The Bertz CT molecular complexity index is 655. The van der Waals surface area contributed by atoms with Crippen molar-refractivity contribution in [2.24, 2.45) is 0 Å². The molecule has 0 saturated carbocycles. The van der Waals surface area contributed by atoms with Crippen LogP contribution in [-0.4, -0.2) is 25.9 Å². The van der Waals surface area contributed by atoms with Crippen molar-refractivity contribution >= 4 is 31.4 Å². The summed E-state index contributed by atoms with van der Waals surface area (Å²) in [4.78, 5) is 21.3. The molecule has 0 aromatic heterocycles. The highest BCUT2D eigenvalue weighted by atomic mass is 35.7. The highest BCUT2D eigenvalue weighted by molar-refractivity contribution is 8.13. The Balaban J connectivity index is 3.47. The van der Waals surface area contributed by atoms with Crippen LogP contribution in [0.4, 0.5) is 5.69 Å². The zero-order chi connectivity index (χ0) is 15.5. The predicted octanol–water partition coefficient (Wildman–Crippen LogP) is 2.40. The highest BCUT2D eigenvalue weighted by Crippen LogP contribution is 2.28. The molecule has 1 rings (SSSR count). The zero-order valence-corrected chi connectivity index (χ0v) is 12.3. The summed E-state index contributed by atoms with van der Waals surface area (Å²) in [6.07, 6.45) is 0.570. The molecule has 0 spiro atoms. The van der Waals surface area contributed by atoms with E-state index in [9.17, 15) is 23.3 Å². The Kier molecular flexibility index (Phi) is 5.07. The lowest BCUT2D eigenvalue weighted by molar-refractivity contribution is -0.385. The average molecular weight is 322 g/mol. The fraction of sp³-hybridized carbons (Fsp3) is 0.364. The van der Waals surface area contributed by atoms with Crippen LogP contribution >= 0.6 is 10.7 Å². The molecule has 0 radical (unpaired) electrons. The second-order valence-electron chi connectivity index (χ2n) is 3.95. The molecule has 0 aliphatic rings. The van der Waals surface area contributed by atoms with Gasteiger partial charge < -0.3 is 4.74 Å². The lowest BCUT2D eigenvalue weighted by Gasteiger charge is -2.09. The topological polar surface area (TPSA) is 104 Å². The number of nitro benzene ring substituents is 1. The first kappa shape index (κ1) is 16.4. The Morgan fingerprint density at radius 3 is 2.50 bits per heavy atom. The number of esters is 1. The molecule has 0 bridgehead atoms. The van der Waals surface area contributed by atoms with Gasteiger partial charge in [0.15, 0.2) is 0 Å². The lowest BCUT2D eigenvalue weighted by Crippen LogP contribution is -2.11. The number of rotatable bonds is 5. The summed E-state index contributed by atoms with van der Waals surface area (Å²) < 4.78 is 27.7. The number of halogens is 1. The Morgan fingerprint density at radius 1 is 1.45 bits per heavy atom. The molecule has 0 unspecified atom stereocenters. The van der Waals surface area contributed by atoms with Gasteiger partial charge in [0.2, 0.25) is 0 Å². The molecule has 0 amide bonds. The Morgan fingerprint density at radius 2 is 2.05 bits per heavy atom. The van der Waals surface area contributed by atoms with Crippen molar-refractivity contribution in [1.29, 1.82) is 0 Å². The number of carbonyl (C=O) groups excluding carboxylic acids is 1. The summed E-state index contributed by atoms with van der Waals surface area (Å²) in [6, 6.07) is 1.78. The molecule has 0 N–H and O–H groups in total. The molecular weight excluding hydrogens is 310 g/mol. The van der Waals surface area contributed by atoms with Gasteiger partial charge in [0.05, 0.1) is 22.0 Å². The number of carbonyl (C=O) groups is 1. The first-order chi connectivity index (χ1) is 9.18. The molecule has 110 valence electrons. The average Bonchev–Trinajstić information content (AvgIpc) is 2.34. The van der Waals surface area contributed by atoms with E-state index in [1.807, 2.05) is 0 Å². The van der Waals surface area contributed by atoms with E-state index in [0.717, 1.165) is 12.1 Å². The van der Waals surface area contributed by atoms with Gasteiger partial charge in [-0.25, -0.2) is 13.2 Å². The smallest absolute Gasteiger partial charge is 0.338 e. The normalized spacial score (nSPS) is 11.2. The van der Waals surface area contributed by atoms with Crippen LogP contribution in [0.5, 0.6) is 0 Å². The largest absolute Gasteiger partial charge is 0.462 e. The molecular formula is C11H12ClNO6S. The van der Waals surface area contributed by atoms with Crippen molar-refractivity contribution in [2.45, 2.75) is 25.2 Å². The first-order valence-electron chi connectivity index (χ1n) is 5.59. The van der Waals surface area contributed by atoms with Gasteiger partial charge in [-0.3, -0.25) is 10.1 Å². The predicted molar refractivity (Wildman–Crippen MR) is 71.4 cm³/mol. The fourth-order valence-corrected chi connectivity index (χ4v) is 2.73. The summed E-state index contributed by atoms with van der Waals surface area (Å²) in [7, 11) is 1.01. The molecule has 0 atom stereocenters. The number of non-ortho nitro benzene ring substituents is 1. The van der Waals surface area contributed by atoms with Crippen molar-refractivity contribution in [3.05, 3.63) is 33.4 Å². The molecule has 1 aromatic rings. The minimum Gasteiger partial charge on any atom is -0.462 e. The van der Waals surface area contributed by atoms with Crippen molar-refractivity contribution in [2.75, 3.05) is 6.61 Å². The molecule has 0 aliphatic carbocycles. The van der Waals surface area contributed by atoms with E-state index in [1.165, 1.54) is 6.92 Å². The van der Waals surface area contributed by atoms with Crippen molar-refractivity contribution in [3.8, 4) is 0 Å². The zero-order valence-electron chi connectivity index (χ0n) is 10.8. The minimum absolute atomic E-state index is 0.0201. The van der Waals surface area contributed by atoms with E-state index in [4.69, 9.17) is 15.4 Å². The van der Waals surface area contributed by atoms with E-state index >= 15 is 0 Å². The molecule has 20 heavy (non-hydrogen) atoms. The van der Waals surface area contributed by atoms with E-state index in [0.29, 0.717) is 6.42 Å². The molecule has 0 aliphatic heterocycles. The molecule has 7 nitrogen and oxygen atoms in total. The lowest BCUT2D eigenvalue weighted by atomic mass is 10.1. The third-order valence-corrected chi connectivity index (χ3v) is 3.92. The molecule has 9 heteroatoms. The second kappa shape index (κ2) is 6.19. The van der Waals surface area contributed by atoms with E-state index in [1.54, 1.807) is 6.92 Å². The molecule has 0 saturated heterocycles. The third kappa shape index (κ3) is 3.67. The molecule has 0 fully saturated rings. The maximum absolute atomic E-state index is 11.8. The van der Waals surface area contributed by atoms with Crippen molar-refractivity contribution in [3.63, 3.8) is 0 Å². The monoisotopic (exact) mass is 321 g/mol. The van der Waals surface area contributed by atoms with Crippen LogP contribution in [0, 0.1) is 17.0 Å². The number of benzene rings is 1. The highest BCUT2D eigenvalue weighted by Gasteiger charge is 2.25. The maximum atomic E-state index is 11.8. The minimum atomic E-state index is -4.21. The standard InChI is InChI=1S/C11H12ClNO6S/c1-3-4-19-11(14)9-5-8(13(15)16)6-10(7(9)2)20(12,17)18/h5-6H,3-4H2,1-2H3. The van der Waals surface area contributed by atoms with Crippen LogP contribution in [-0.2, 0) is 13.8 Å². The van der Waals surface area contributed by atoms with Gasteiger partial charge in [-0.05, 0) is 18.9 Å². The Labute approximate surface area is 120 Å². The van der Waals surface area contributed by atoms with Gasteiger partial charge in [0, 0.05) is 22.8 Å². The van der Waals surface area contributed by atoms with Gasteiger partial charge >= 0.3 is 5.97 Å². The van der Waals surface area contributed by atoms with E-state index in [-0.39, 0.29) is 17.7 Å². The third-order valence-electron chi connectivity index (χ3n) is 2.48. The second-order valence-corrected chi connectivity index (χ2v) is 6.48. The summed E-state index contributed by atoms with van der Waals surface area (Å²) in [6.45, 7) is 3.24. The summed E-state index contributed by atoms with van der Waals surface area (Å²) >= 11 is 0. The SMILES string of the molecule is CCCOC(=O)c1cc([N+](=O)[O-])cc(S(=O)(=O)Cl)c1C. The van der Waals surface area contributed by atoms with Gasteiger partial charge in [-0.15, -0.1) is 0 Å². The van der Waals surface area contributed by atoms with Crippen LogP contribution in [0.15, 0.2) is 17.0 Å². The molecule has 1 aromatic carbocycles. The van der Waals surface area contributed by atoms with Crippen LogP contribution in [0.2, 0.25) is 0 Å². The summed E-state index contributed by atoms with van der Waals surface area (Å²) in [5, 5.41) is 10.8. The van der Waals surface area contributed by atoms with Gasteiger partial charge in [0.1, 0.15) is 0 Å². The fourth-order valence-electron chi connectivity index (χ4n) is 1.52. The summed E-state index contributed by atoms with van der Waals surface area (Å²) in [5.74, 6) is -0.824. The van der Waals surface area contributed by atoms with Crippen LogP contribution in [0.25, 0.3) is 0 Å². The van der Waals surface area contributed by atoms with Crippen LogP contribution in [0.1, 0.15) is 29.3 Å². The Hall–Kier alpha value is -1.67. The summed E-state index contributed by atoms with van der Waals surface area (Å²) in [5.41, 5.74) is -0.711. The number of hydrogen-bond donors (Lipinski definition) is 0. The van der Waals surface area contributed by atoms with Crippen LogP contribution < -0.4 is 0 Å². The van der Waals surface area contributed by atoms with E-state index < -0.39 is 30.5 Å². The number of nitro groups is 1. The first-order valence-corrected chi connectivity index (χ1v) is 7.90.